The molecule has 74 valence electrons. The van der Waals surface area contributed by atoms with Gasteiger partial charge in [-0.05, 0) is 31.8 Å². The van der Waals surface area contributed by atoms with Gasteiger partial charge < -0.3 is 10.6 Å². The van der Waals surface area contributed by atoms with Crippen LogP contribution in [0.15, 0.2) is 0 Å². The SMILES string of the molecule is CCCNCC(C)(CC)CNC. The number of hydrogen-bond acceptors (Lipinski definition) is 2. The second kappa shape index (κ2) is 6.44. The standard InChI is InChI=1S/C10H24N2/c1-5-7-12-9-10(3,6-2)8-11-4/h11-12H,5-9H2,1-4H3. The van der Waals surface area contributed by atoms with Crippen LogP contribution in [0.5, 0.6) is 0 Å². The summed E-state index contributed by atoms with van der Waals surface area (Å²) in [7, 11) is 2.02. The lowest BCUT2D eigenvalue weighted by molar-refractivity contribution is 0.285. The molecule has 0 aromatic carbocycles. The minimum absolute atomic E-state index is 0.421. The summed E-state index contributed by atoms with van der Waals surface area (Å²) in [5.74, 6) is 0. The van der Waals surface area contributed by atoms with Gasteiger partial charge in [-0.1, -0.05) is 20.8 Å². The molecule has 0 amide bonds. The van der Waals surface area contributed by atoms with Gasteiger partial charge in [0.15, 0.2) is 0 Å². The van der Waals surface area contributed by atoms with Gasteiger partial charge in [-0.25, -0.2) is 0 Å². The topological polar surface area (TPSA) is 24.1 Å². The summed E-state index contributed by atoms with van der Waals surface area (Å²) < 4.78 is 0. The van der Waals surface area contributed by atoms with Gasteiger partial charge in [0.25, 0.3) is 0 Å². The maximum Gasteiger partial charge on any atom is 0.00172 e. The second-order valence-electron chi connectivity index (χ2n) is 3.87. The first kappa shape index (κ1) is 11.9. The molecule has 0 aliphatic heterocycles. The molecule has 0 aromatic heterocycles. The largest absolute Gasteiger partial charge is 0.319 e. The fourth-order valence-electron chi connectivity index (χ4n) is 1.31. The van der Waals surface area contributed by atoms with Crippen molar-refractivity contribution in [2.24, 2.45) is 5.41 Å². The van der Waals surface area contributed by atoms with Gasteiger partial charge in [0, 0.05) is 13.1 Å². The van der Waals surface area contributed by atoms with Crippen molar-refractivity contribution >= 4 is 0 Å². The summed E-state index contributed by atoms with van der Waals surface area (Å²) in [6.07, 6.45) is 2.45. The van der Waals surface area contributed by atoms with Gasteiger partial charge in [-0.2, -0.15) is 0 Å². The van der Waals surface area contributed by atoms with Crippen LogP contribution in [0.3, 0.4) is 0 Å². The number of hydrogen-bond donors (Lipinski definition) is 2. The van der Waals surface area contributed by atoms with Crippen LogP contribution >= 0.6 is 0 Å². The molecule has 0 aromatic rings. The zero-order chi connectivity index (χ0) is 9.45. The van der Waals surface area contributed by atoms with Gasteiger partial charge in [-0.15, -0.1) is 0 Å². The Morgan fingerprint density at radius 2 is 1.83 bits per heavy atom. The van der Waals surface area contributed by atoms with Gasteiger partial charge in [-0.3, -0.25) is 0 Å². The highest BCUT2D eigenvalue weighted by molar-refractivity contribution is 4.76. The Bertz CT molecular complexity index is 104. The fraction of sp³-hybridized carbons (Fsp3) is 1.00. The Morgan fingerprint density at radius 3 is 2.25 bits per heavy atom. The molecule has 0 fully saturated rings. The molecule has 0 spiro atoms. The van der Waals surface area contributed by atoms with E-state index in [0.717, 1.165) is 19.6 Å². The fourth-order valence-corrected chi connectivity index (χ4v) is 1.31. The van der Waals surface area contributed by atoms with Crippen LogP contribution < -0.4 is 10.6 Å². The van der Waals surface area contributed by atoms with E-state index < -0.39 is 0 Å². The predicted octanol–water partition coefficient (Wildman–Crippen LogP) is 1.62. The molecule has 1 atom stereocenters. The van der Waals surface area contributed by atoms with Crippen LogP contribution in [0, 0.1) is 5.41 Å². The Kier molecular flexibility index (Phi) is 6.39. The van der Waals surface area contributed by atoms with E-state index in [1.165, 1.54) is 12.8 Å². The van der Waals surface area contributed by atoms with Crippen molar-refractivity contribution < 1.29 is 0 Å². The molecule has 1 unspecified atom stereocenters. The average Bonchev–Trinajstić information content (AvgIpc) is 2.06. The minimum Gasteiger partial charge on any atom is -0.319 e. The monoisotopic (exact) mass is 172 g/mol. The predicted molar refractivity (Wildman–Crippen MR) is 55.5 cm³/mol. The maximum absolute atomic E-state index is 3.47. The van der Waals surface area contributed by atoms with Gasteiger partial charge >= 0.3 is 0 Å². The lowest BCUT2D eigenvalue weighted by Crippen LogP contribution is -2.39. The van der Waals surface area contributed by atoms with E-state index in [4.69, 9.17) is 0 Å². The van der Waals surface area contributed by atoms with Gasteiger partial charge in [0.1, 0.15) is 0 Å². The molecule has 0 saturated heterocycles. The van der Waals surface area contributed by atoms with Crippen LogP contribution in [0.25, 0.3) is 0 Å². The van der Waals surface area contributed by atoms with Crippen molar-refractivity contribution in [1.29, 1.82) is 0 Å². The Balaban J connectivity index is 3.63. The molecule has 2 heteroatoms. The summed E-state index contributed by atoms with van der Waals surface area (Å²) in [4.78, 5) is 0. The maximum atomic E-state index is 3.47. The molecule has 0 bridgehead atoms. The molecular weight excluding hydrogens is 148 g/mol. The normalized spacial score (nSPS) is 16.0. The van der Waals surface area contributed by atoms with Crippen LogP contribution in [0.2, 0.25) is 0 Å². The molecule has 2 N–H and O–H groups in total. The van der Waals surface area contributed by atoms with Crippen molar-refractivity contribution in [3.63, 3.8) is 0 Å². The van der Waals surface area contributed by atoms with E-state index in [1.54, 1.807) is 0 Å². The lowest BCUT2D eigenvalue weighted by Gasteiger charge is -2.28. The molecule has 0 heterocycles. The number of rotatable bonds is 7. The quantitative estimate of drug-likeness (QED) is 0.570. The lowest BCUT2D eigenvalue weighted by atomic mass is 9.87. The smallest absolute Gasteiger partial charge is 0.00172 e. The third-order valence-corrected chi connectivity index (χ3v) is 2.44. The van der Waals surface area contributed by atoms with Crippen molar-refractivity contribution in [2.45, 2.75) is 33.6 Å². The molecule has 0 rings (SSSR count). The van der Waals surface area contributed by atoms with Crippen molar-refractivity contribution in [2.75, 3.05) is 26.7 Å². The summed E-state index contributed by atoms with van der Waals surface area (Å²) in [6, 6.07) is 0. The highest BCUT2D eigenvalue weighted by Gasteiger charge is 2.19. The highest BCUT2D eigenvalue weighted by Crippen LogP contribution is 2.17. The summed E-state index contributed by atoms with van der Waals surface area (Å²) in [6.45, 7) is 10.1. The first-order valence-electron chi connectivity index (χ1n) is 5.04. The van der Waals surface area contributed by atoms with E-state index in [9.17, 15) is 0 Å². The van der Waals surface area contributed by atoms with Crippen LogP contribution in [0.4, 0.5) is 0 Å². The molecule has 0 aliphatic rings. The van der Waals surface area contributed by atoms with Crippen molar-refractivity contribution in [1.82, 2.24) is 10.6 Å². The van der Waals surface area contributed by atoms with Crippen LogP contribution in [0.1, 0.15) is 33.6 Å². The molecule has 0 radical (unpaired) electrons. The Morgan fingerprint density at radius 1 is 1.17 bits per heavy atom. The summed E-state index contributed by atoms with van der Waals surface area (Å²) >= 11 is 0. The van der Waals surface area contributed by atoms with Gasteiger partial charge in [0.05, 0.1) is 0 Å². The van der Waals surface area contributed by atoms with Crippen molar-refractivity contribution in [3.05, 3.63) is 0 Å². The van der Waals surface area contributed by atoms with E-state index in [2.05, 4.69) is 31.4 Å². The Labute approximate surface area is 77.1 Å². The minimum atomic E-state index is 0.421. The average molecular weight is 172 g/mol. The van der Waals surface area contributed by atoms with E-state index >= 15 is 0 Å². The summed E-state index contributed by atoms with van der Waals surface area (Å²) in [5.41, 5.74) is 0.421. The van der Waals surface area contributed by atoms with Crippen LogP contribution in [-0.2, 0) is 0 Å². The highest BCUT2D eigenvalue weighted by atomic mass is 14.9. The molecular formula is C10H24N2. The van der Waals surface area contributed by atoms with Gasteiger partial charge in [0.2, 0.25) is 0 Å². The molecule has 2 nitrogen and oxygen atoms in total. The van der Waals surface area contributed by atoms with Crippen LogP contribution in [-0.4, -0.2) is 26.7 Å². The molecule has 12 heavy (non-hydrogen) atoms. The third kappa shape index (κ3) is 4.73. The van der Waals surface area contributed by atoms with E-state index in [-0.39, 0.29) is 0 Å². The molecule has 0 aliphatic carbocycles. The first-order valence-corrected chi connectivity index (χ1v) is 5.04. The zero-order valence-corrected chi connectivity index (χ0v) is 9.04. The second-order valence-corrected chi connectivity index (χ2v) is 3.87. The van der Waals surface area contributed by atoms with Crippen molar-refractivity contribution in [3.8, 4) is 0 Å². The molecule has 0 saturated carbocycles. The number of nitrogens with one attached hydrogen (secondary N) is 2. The summed E-state index contributed by atoms with van der Waals surface area (Å²) in [5, 5.41) is 6.72. The third-order valence-electron chi connectivity index (χ3n) is 2.44. The van der Waals surface area contributed by atoms with E-state index in [1.807, 2.05) is 7.05 Å². The van der Waals surface area contributed by atoms with E-state index in [0.29, 0.717) is 5.41 Å². The Hall–Kier alpha value is -0.0800. The zero-order valence-electron chi connectivity index (χ0n) is 9.04. The first-order chi connectivity index (χ1) is 5.68.